The van der Waals surface area contributed by atoms with Crippen molar-refractivity contribution in [1.29, 1.82) is 0 Å². The molecule has 0 aromatic carbocycles. The Morgan fingerprint density at radius 1 is 1.53 bits per heavy atom. The van der Waals surface area contributed by atoms with Crippen LogP contribution in [-0.4, -0.2) is 21.0 Å². The lowest BCUT2D eigenvalue weighted by molar-refractivity contribution is 0.0696. The normalized spacial score (nSPS) is 11.1. The SMILES string of the molecule is CC(C)c1nc2ncc(C(=O)O)cc2o1. The largest absolute Gasteiger partial charge is 0.478 e. The molecule has 0 atom stereocenters. The highest BCUT2D eigenvalue weighted by molar-refractivity contribution is 5.90. The van der Waals surface area contributed by atoms with Gasteiger partial charge in [-0.15, -0.1) is 0 Å². The molecular formula is C10H10N2O3. The molecule has 0 fully saturated rings. The maximum Gasteiger partial charge on any atom is 0.337 e. The van der Waals surface area contributed by atoms with Crippen LogP contribution in [0.25, 0.3) is 11.2 Å². The number of hydrogen-bond acceptors (Lipinski definition) is 4. The van der Waals surface area contributed by atoms with E-state index in [0.717, 1.165) is 0 Å². The summed E-state index contributed by atoms with van der Waals surface area (Å²) in [6.45, 7) is 3.89. The summed E-state index contributed by atoms with van der Waals surface area (Å²) in [5.41, 5.74) is 0.969. The molecule has 0 spiro atoms. The predicted octanol–water partition coefficient (Wildman–Crippen LogP) is 2.04. The van der Waals surface area contributed by atoms with Gasteiger partial charge in [0.25, 0.3) is 0 Å². The highest BCUT2D eigenvalue weighted by atomic mass is 16.4. The molecule has 0 aliphatic carbocycles. The lowest BCUT2D eigenvalue weighted by Crippen LogP contribution is -1.96. The van der Waals surface area contributed by atoms with Crippen molar-refractivity contribution in [2.45, 2.75) is 19.8 Å². The van der Waals surface area contributed by atoms with E-state index in [0.29, 0.717) is 17.1 Å². The van der Waals surface area contributed by atoms with Crippen LogP contribution in [-0.2, 0) is 0 Å². The summed E-state index contributed by atoms with van der Waals surface area (Å²) in [4.78, 5) is 18.7. The second kappa shape index (κ2) is 3.34. The van der Waals surface area contributed by atoms with Crippen LogP contribution in [0.1, 0.15) is 36.0 Å². The molecular weight excluding hydrogens is 196 g/mol. The van der Waals surface area contributed by atoms with Crippen molar-refractivity contribution in [2.75, 3.05) is 0 Å². The fraction of sp³-hybridized carbons (Fsp3) is 0.300. The Balaban J connectivity index is 2.57. The van der Waals surface area contributed by atoms with Gasteiger partial charge in [-0.05, 0) is 0 Å². The number of aromatic carboxylic acids is 1. The molecule has 0 radical (unpaired) electrons. The summed E-state index contributed by atoms with van der Waals surface area (Å²) in [5.74, 6) is -0.292. The standard InChI is InChI=1S/C10H10N2O3/c1-5(2)9-12-8-7(15-9)3-6(4-11-8)10(13)14/h3-5H,1-2H3,(H,13,14). The number of oxazole rings is 1. The maximum absolute atomic E-state index is 10.7. The van der Waals surface area contributed by atoms with E-state index in [9.17, 15) is 4.79 Å². The minimum atomic E-state index is -1.02. The van der Waals surface area contributed by atoms with Gasteiger partial charge in [0.2, 0.25) is 0 Å². The topological polar surface area (TPSA) is 76.2 Å². The molecule has 0 saturated carbocycles. The van der Waals surface area contributed by atoms with E-state index < -0.39 is 5.97 Å². The third-order valence-electron chi connectivity index (χ3n) is 2.00. The average molecular weight is 206 g/mol. The predicted molar refractivity (Wildman–Crippen MR) is 52.9 cm³/mol. The van der Waals surface area contributed by atoms with Crippen molar-refractivity contribution in [3.63, 3.8) is 0 Å². The molecule has 0 aliphatic rings. The van der Waals surface area contributed by atoms with E-state index in [4.69, 9.17) is 9.52 Å². The zero-order chi connectivity index (χ0) is 11.0. The molecule has 0 bridgehead atoms. The first kappa shape index (κ1) is 9.64. The Hall–Kier alpha value is -1.91. The van der Waals surface area contributed by atoms with Crippen molar-refractivity contribution in [3.05, 3.63) is 23.7 Å². The van der Waals surface area contributed by atoms with E-state index in [1.54, 1.807) is 0 Å². The third kappa shape index (κ3) is 1.68. The van der Waals surface area contributed by atoms with Gasteiger partial charge in [0.1, 0.15) is 0 Å². The minimum absolute atomic E-state index is 0.106. The van der Waals surface area contributed by atoms with Gasteiger partial charge in [-0.1, -0.05) is 13.8 Å². The van der Waals surface area contributed by atoms with Gasteiger partial charge in [-0.2, -0.15) is 4.98 Å². The summed E-state index contributed by atoms with van der Waals surface area (Å²) in [5, 5.41) is 8.76. The number of hydrogen-bond donors (Lipinski definition) is 1. The zero-order valence-corrected chi connectivity index (χ0v) is 8.39. The Morgan fingerprint density at radius 2 is 2.27 bits per heavy atom. The van der Waals surface area contributed by atoms with Crippen molar-refractivity contribution in [2.24, 2.45) is 0 Å². The first-order valence-electron chi connectivity index (χ1n) is 4.57. The van der Waals surface area contributed by atoms with Crippen molar-refractivity contribution >= 4 is 17.2 Å². The minimum Gasteiger partial charge on any atom is -0.478 e. The van der Waals surface area contributed by atoms with E-state index in [1.165, 1.54) is 12.3 Å². The van der Waals surface area contributed by atoms with Crippen LogP contribution in [0.2, 0.25) is 0 Å². The highest BCUT2D eigenvalue weighted by Crippen LogP contribution is 2.20. The van der Waals surface area contributed by atoms with Gasteiger partial charge in [0, 0.05) is 18.2 Å². The number of carboxylic acid groups (broad SMARTS) is 1. The van der Waals surface area contributed by atoms with Gasteiger partial charge >= 0.3 is 5.97 Å². The van der Waals surface area contributed by atoms with E-state index in [-0.39, 0.29) is 11.5 Å². The molecule has 2 aromatic rings. The summed E-state index contributed by atoms with van der Waals surface area (Å²) in [7, 11) is 0. The van der Waals surface area contributed by atoms with Crippen molar-refractivity contribution in [3.8, 4) is 0 Å². The van der Waals surface area contributed by atoms with Gasteiger partial charge in [-0.25, -0.2) is 9.78 Å². The number of rotatable bonds is 2. The number of fused-ring (bicyclic) bond motifs is 1. The first-order chi connectivity index (χ1) is 7.08. The van der Waals surface area contributed by atoms with Crippen molar-refractivity contribution < 1.29 is 14.3 Å². The van der Waals surface area contributed by atoms with Gasteiger partial charge in [0.05, 0.1) is 5.56 Å². The average Bonchev–Trinajstić information content (AvgIpc) is 2.59. The van der Waals surface area contributed by atoms with Crippen molar-refractivity contribution in [1.82, 2.24) is 9.97 Å². The quantitative estimate of drug-likeness (QED) is 0.813. The van der Waals surface area contributed by atoms with Gasteiger partial charge in [-0.3, -0.25) is 0 Å². The van der Waals surface area contributed by atoms with Gasteiger partial charge < -0.3 is 9.52 Å². The third-order valence-corrected chi connectivity index (χ3v) is 2.00. The summed E-state index contributed by atoms with van der Waals surface area (Å²) < 4.78 is 5.38. The molecule has 2 rings (SSSR count). The van der Waals surface area contributed by atoms with Crippen LogP contribution in [0, 0.1) is 0 Å². The summed E-state index contributed by atoms with van der Waals surface area (Å²) in [6.07, 6.45) is 1.28. The van der Waals surface area contributed by atoms with E-state index >= 15 is 0 Å². The Kier molecular flexibility index (Phi) is 2.15. The lowest BCUT2D eigenvalue weighted by atomic mass is 10.2. The zero-order valence-electron chi connectivity index (χ0n) is 8.39. The maximum atomic E-state index is 10.7. The molecule has 5 nitrogen and oxygen atoms in total. The molecule has 1 N–H and O–H groups in total. The molecule has 2 aromatic heterocycles. The number of aromatic nitrogens is 2. The molecule has 15 heavy (non-hydrogen) atoms. The van der Waals surface area contributed by atoms with Crippen LogP contribution < -0.4 is 0 Å². The Labute approximate surface area is 85.8 Å². The first-order valence-corrected chi connectivity index (χ1v) is 4.57. The monoisotopic (exact) mass is 206 g/mol. The number of carbonyl (C=O) groups is 1. The van der Waals surface area contributed by atoms with Crippen LogP contribution in [0.4, 0.5) is 0 Å². The fourth-order valence-electron chi connectivity index (χ4n) is 1.20. The van der Waals surface area contributed by atoms with Crippen LogP contribution >= 0.6 is 0 Å². The van der Waals surface area contributed by atoms with Gasteiger partial charge in [0.15, 0.2) is 17.1 Å². The van der Waals surface area contributed by atoms with Crippen LogP contribution in [0.15, 0.2) is 16.7 Å². The fourth-order valence-corrected chi connectivity index (χ4v) is 1.20. The molecule has 2 heterocycles. The molecule has 0 saturated heterocycles. The molecule has 0 amide bonds. The smallest absolute Gasteiger partial charge is 0.337 e. The molecule has 78 valence electrons. The second-order valence-corrected chi connectivity index (χ2v) is 3.56. The van der Waals surface area contributed by atoms with Crippen LogP contribution in [0.5, 0.6) is 0 Å². The van der Waals surface area contributed by atoms with Crippen LogP contribution in [0.3, 0.4) is 0 Å². The molecule has 5 heteroatoms. The number of nitrogens with zero attached hydrogens (tertiary/aromatic N) is 2. The lowest BCUT2D eigenvalue weighted by Gasteiger charge is -1.93. The summed E-state index contributed by atoms with van der Waals surface area (Å²) >= 11 is 0. The Morgan fingerprint density at radius 3 is 2.87 bits per heavy atom. The second-order valence-electron chi connectivity index (χ2n) is 3.56. The summed E-state index contributed by atoms with van der Waals surface area (Å²) in [6, 6.07) is 1.43. The van der Waals surface area contributed by atoms with E-state index in [2.05, 4.69) is 9.97 Å². The Bertz CT molecular complexity index is 516. The molecule has 0 aliphatic heterocycles. The number of pyridine rings is 1. The van der Waals surface area contributed by atoms with E-state index in [1.807, 2.05) is 13.8 Å². The highest BCUT2D eigenvalue weighted by Gasteiger charge is 2.12. The molecule has 0 unspecified atom stereocenters. The number of carboxylic acids is 1.